The molecule has 9 nitrogen and oxygen atoms in total. The van der Waals surface area contributed by atoms with E-state index in [0.717, 1.165) is 0 Å². The number of nitro benzene ring substituents is 2. The summed E-state index contributed by atoms with van der Waals surface area (Å²) in [6.07, 6.45) is 0. The minimum Gasteiger partial charge on any atom is -0.361 e. The molecule has 2 aromatic carbocycles. The molecule has 0 amide bonds. The highest BCUT2D eigenvalue weighted by molar-refractivity contribution is 6.51. The molecule has 0 N–H and O–H groups in total. The van der Waals surface area contributed by atoms with Crippen LogP contribution in [0.15, 0.2) is 52.4 Å². The van der Waals surface area contributed by atoms with Crippen LogP contribution in [0.5, 0.6) is 0 Å². The average molecular weight is 339 g/mol. The van der Waals surface area contributed by atoms with Crippen molar-refractivity contribution in [3.05, 3.63) is 68.3 Å². The zero-order valence-corrected chi connectivity index (χ0v) is 13.4. The number of benzene rings is 2. The molecule has 0 aliphatic carbocycles. The maximum atomic E-state index is 11.0. The summed E-state index contributed by atoms with van der Waals surface area (Å²) in [5, 5.41) is 21.8. The van der Waals surface area contributed by atoms with Gasteiger partial charge in [-0.2, -0.15) is 0 Å². The Morgan fingerprint density at radius 2 is 1.56 bits per heavy atom. The van der Waals surface area contributed by atoms with Crippen molar-refractivity contribution in [2.75, 3.05) is 14.1 Å². The molecule has 0 spiro atoms. The summed E-state index contributed by atoms with van der Waals surface area (Å²) >= 11 is 0. The number of likely N-dealkylation sites (N-methyl/N-ethyl adjacent to an activating group) is 1. The van der Waals surface area contributed by atoms with Crippen LogP contribution >= 0.6 is 0 Å². The Labute approximate surface area is 142 Å². The Balaban J connectivity index is 2.09. The Kier molecular flexibility index (Phi) is 3.97. The first kappa shape index (κ1) is 16.2. The molecule has 0 fully saturated rings. The van der Waals surface area contributed by atoms with Gasteiger partial charge in [0.1, 0.15) is 5.71 Å². The average Bonchev–Trinajstić information content (AvgIpc) is 2.93. The van der Waals surface area contributed by atoms with Gasteiger partial charge in [0, 0.05) is 43.9 Å². The van der Waals surface area contributed by atoms with Crippen LogP contribution in [0.1, 0.15) is 5.56 Å². The van der Waals surface area contributed by atoms with E-state index in [-0.39, 0.29) is 11.4 Å². The lowest BCUT2D eigenvalue weighted by molar-refractivity contribution is -0.385. The van der Waals surface area contributed by atoms with Crippen LogP contribution < -0.4 is 0 Å². The second-order valence-corrected chi connectivity index (χ2v) is 5.52. The van der Waals surface area contributed by atoms with E-state index in [9.17, 15) is 20.2 Å². The van der Waals surface area contributed by atoms with Crippen LogP contribution in [-0.4, -0.2) is 40.4 Å². The van der Waals surface area contributed by atoms with Crippen LogP contribution in [0.4, 0.5) is 22.7 Å². The molecule has 0 bridgehead atoms. The van der Waals surface area contributed by atoms with Crippen molar-refractivity contribution in [2.45, 2.75) is 0 Å². The summed E-state index contributed by atoms with van der Waals surface area (Å²) in [5.74, 6) is 0.564. The topological polar surface area (TPSA) is 114 Å². The number of amidine groups is 1. The Bertz CT molecular complexity index is 932. The highest BCUT2D eigenvalue weighted by atomic mass is 16.6. The number of hydrogen-bond acceptors (Lipinski definition) is 7. The van der Waals surface area contributed by atoms with E-state index in [2.05, 4.69) is 9.98 Å². The van der Waals surface area contributed by atoms with E-state index in [0.29, 0.717) is 28.5 Å². The summed E-state index contributed by atoms with van der Waals surface area (Å²) in [6.45, 7) is 0. The van der Waals surface area contributed by atoms with Crippen LogP contribution in [-0.2, 0) is 0 Å². The smallest absolute Gasteiger partial charge is 0.270 e. The maximum Gasteiger partial charge on any atom is 0.270 e. The molecule has 0 unspecified atom stereocenters. The maximum absolute atomic E-state index is 11.0. The number of rotatable bonds is 3. The minimum absolute atomic E-state index is 0.0343. The van der Waals surface area contributed by atoms with Crippen LogP contribution in [0.3, 0.4) is 0 Å². The Hall–Kier alpha value is -3.62. The first-order valence-electron chi connectivity index (χ1n) is 7.25. The molecule has 25 heavy (non-hydrogen) atoms. The Morgan fingerprint density at radius 3 is 2.12 bits per heavy atom. The SMILES string of the molecule is CN(C)C1=Nc2ccc([N+](=O)[O-])cc2C1=Nc1ccc([N+](=O)[O-])cc1. The van der Waals surface area contributed by atoms with Crippen molar-refractivity contribution >= 4 is 34.3 Å². The van der Waals surface area contributed by atoms with Gasteiger partial charge in [-0.3, -0.25) is 20.2 Å². The highest BCUT2D eigenvalue weighted by Gasteiger charge is 2.26. The van der Waals surface area contributed by atoms with Crippen molar-refractivity contribution in [2.24, 2.45) is 9.98 Å². The quantitative estimate of drug-likeness (QED) is 0.629. The van der Waals surface area contributed by atoms with E-state index in [1.807, 2.05) is 0 Å². The third kappa shape index (κ3) is 3.07. The number of aliphatic imine (C=N–C) groups is 2. The first-order chi connectivity index (χ1) is 11.9. The lowest BCUT2D eigenvalue weighted by atomic mass is 10.1. The fourth-order valence-electron chi connectivity index (χ4n) is 2.41. The van der Waals surface area contributed by atoms with Crippen LogP contribution in [0, 0.1) is 20.2 Å². The van der Waals surface area contributed by atoms with Gasteiger partial charge in [-0.1, -0.05) is 0 Å². The van der Waals surface area contributed by atoms with E-state index in [1.165, 1.54) is 36.4 Å². The monoisotopic (exact) mass is 339 g/mol. The molecule has 1 aliphatic rings. The number of fused-ring (bicyclic) bond motifs is 1. The van der Waals surface area contributed by atoms with Crippen molar-refractivity contribution in [3.63, 3.8) is 0 Å². The lowest BCUT2D eigenvalue weighted by Gasteiger charge is -2.12. The third-order valence-electron chi connectivity index (χ3n) is 3.61. The zero-order valence-electron chi connectivity index (χ0n) is 13.4. The van der Waals surface area contributed by atoms with E-state index in [1.54, 1.807) is 25.1 Å². The second kappa shape index (κ2) is 6.11. The lowest BCUT2D eigenvalue weighted by Crippen LogP contribution is -2.28. The van der Waals surface area contributed by atoms with Gasteiger partial charge in [0.2, 0.25) is 0 Å². The van der Waals surface area contributed by atoms with Crippen LogP contribution in [0.2, 0.25) is 0 Å². The standard InChI is InChI=1S/C16H13N5O4/c1-19(2)16-15(17-10-3-5-11(6-4-10)20(22)23)13-9-12(21(24)25)7-8-14(13)18-16/h3-9H,1-2H3. The number of non-ortho nitro benzene ring substituents is 2. The summed E-state index contributed by atoms with van der Waals surface area (Å²) in [7, 11) is 3.59. The van der Waals surface area contributed by atoms with Crippen molar-refractivity contribution in [3.8, 4) is 0 Å². The van der Waals surface area contributed by atoms with Crippen LogP contribution in [0.25, 0.3) is 0 Å². The third-order valence-corrected chi connectivity index (χ3v) is 3.61. The number of nitrogens with zero attached hydrogens (tertiary/aromatic N) is 5. The fourth-order valence-corrected chi connectivity index (χ4v) is 2.41. The molecule has 2 aromatic rings. The molecule has 0 saturated carbocycles. The van der Waals surface area contributed by atoms with Gasteiger partial charge in [-0.05, 0) is 18.2 Å². The minimum atomic E-state index is -0.488. The molecular formula is C16H13N5O4. The van der Waals surface area contributed by atoms with Gasteiger partial charge in [0.05, 0.1) is 21.2 Å². The molecule has 0 aromatic heterocycles. The molecule has 1 heterocycles. The van der Waals surface area contributed by atoms with Crippen molar-refractivity contribution < 1.29 is 9.85 Å². The molecule has 0 radical (unpaired) electrons. The first-order valence-corrected chi connectivity index (χ1v) is 7.25. The molecule has 1 aliphatic heterocycles. The van der Waals surface area contributed by atoms with E-state index in [4.69, 9.17) is 0 Å². The predicted octanol–water partition coefficient (Wildman–Crippen LogP) is 3.23. The molecule has 9 heteroatoms. The largest absolute Gasteiger partial charge is 0.361 e. The normalized spacial score (nSPS) is 14.2. The molecule has 3 rings (SSSR count). The summed E-state index contributed by atoms with van der Waals surface area (Å²) in [5.41, 5.74) is 2.04. The molecule has 0 saturated heterocycles. The number of nitro groups is 2. The summed E-state index contributed by atoms with van der Waals surface area (Å²) in [4.78, 5) is 31.5. The molecular weight excluding hydrogens is 326 g/mol. The van der Waals surface area contributed by atoms with Gasteiger partial charge in [0.25, 0.3) is 11.4 Å². The highest BCUT2D eigenvalue weighted by Crippen LogP contribution is 2.32. The summed E-state index contributed by atoms with van der Waals surface area (Å²) in [6, 6.07) is 10.2. The number of hydrogen-bond donors (Lipinski definition) is 0. The van der Waals surface area contributed by atoms with E-state index < -0.39 is 9.85 Å². The van der Waals surface area contributed by atoms with E-state index >= 15 is 0 Å². The van der Waals surface area contributed by atoms with Crippen molar-refractivity contribution in [1.29, 1.82) is 0 Å². The fraction of sp³-hybridized carbons (Fsp3) is 0.125. The second-order valence-electron chi connectivity index (χ2n) is 5.52. The summed E-state index contributed by atoms with van der Waals surface area (Å²) < 4.78 is 0. The van der Waals surface area contributed by atoms with Gasteiger partial charge < -0.3 is 4.90 Å². The Morgan fingerprint density at radius 1 is 0.960 bits per heavy atom. The zero-order chi connectivity index (χ0) is 18.1. The van der Waals surface area contributed by atoms with Gasteiger partial charge in [-0.15, -0.1) is 0 Å². The molecule has 126 valence electrons. The predicted molar refractivity (Wildman–Crippen MR) is 93.2 cm³/mol. The van der Waals surface area contributed by atoms with Gasteiger partial charge in [-0.25, -0.2) is 9.98 Å². The van der Waals surface area contributed by atoms with Gasteiger partial charge >= 0.3 is 0 Å². The van der Waals surface area contributed by atoms with Gasteiger partial charge in [0.15, 0.2) is 5.84 Å². The molecule has 0 atom stereocenters. The van der Waals surface area contributed by atoms with Crippen molar-refractivity contribution in [1.82, 2.24) is 4.90 Å².